The number of rotatable bonds is 3. The second-order valence-electron chi connectivity index (χ2n) is 7.60. The smallest absolute Gasteiger partial charge is 0.234 e. The van der Waals surface area contributed by atoms with Gasteiger partial charge in [0.2, 0.25) is 11.8 Å². The topological polar surface area (TPSA) is 64.7 Å². The molecule has 2 N–H and O–H groups in total. The highest BCUT2D eigenvalue weighted by molar-refractivity contribution is 6.01. The van der Waals surface area contributed by atoms with Gasteiger partial charge in [0.1, 0.15) is 0 Å². The molecule has 26 heavy (non-hydrogen) atoms. The molecular weight excluding hydrogens is 328 g/mol. The predicted octanol–water partition coefficient (Wildman–Crippen LogP) is 1.08. The number of hydrogen-bond donors (Lipinski definition) is 2. The van der Waals surface area contributed by atoms with Gasteiger partial charge in [-0.3, -0.25) is 19.8 Å². The molecule has 6 nitrogen and oxygen atoms in total. The Labute approximate surface area is 154 Å². The molecule has 3 heterocycles. The van der Waals surface area contributed by atoms with Crippen LogP contribution in [0.25, 0.3) is 0 Å². The molecular formula is C20H28N4O2. The third kappa shape index (κ3) is 3.76. The number of piperazine rings is 1. The lowest BCUT2D eigenvalue weighted by Crippen LogP contribution is -2.52. The van der Waals surface area contributed by atoms with Crippen molar-refractivity contribution in [2.75, 3.05) is 44.2 Å². The summed E-state index contributed by atoms with van der Waals surface area (Å²) >= 11 is 0. The monoisotopic (exact) mass is 356 g/mol. The first-order valence-corrected chi connectivity index (χ1v) is 9.84. The van der Waals surface area contributed by atoms with Gasteiger partial charge in [0.05, 0.1) is 5.92 Å². The van der Waals surface area contributed by atoms with Crippen LogP contribution in [0, 0.1) is 0 Å². The molecule has 3 aliphatic heterocycles. The second kappa shape index (κ2) is 7.76. The van der Waals surface area contributed by atoms with Crippen molar-refractivity contribution in [2.24, 2.45) is 0 Å². The number of piperidine rings is 2. The van der Waals surface area contributed by atoms with Crippen LogP contribution in [0.15, 0.2) is 24.3 Å². The van der Waals surface area contributed by atoms with E-state index < -0.39 is 0 Å². The third-order valence-corrected chi connectivity index (χ3v) is 6.02. The summed E-state index contributed by atoms with van der Waals surface area (Å²) in [5, 5.41) is 5.91. The maximum atomic E-state index is 12.2. The zero-order valence-corrected chi connectivity index (χ0v) is 15.2. The SMILES string of the molecule is O=C1CCC(c2cccc(N3CCN(C4CCNCC4)CC3)c2)C(=O)N1. The molecule has 0 spiro atoms. The van der Waals surface area contributed by atoms with Gasteiger partial charge in [-0.1, -0.05) is 12.1 Å². The summed E-state index contributed by atoms with van der Waals surface area (Å²) in [4.78, 5) is 28.6. The molecule has 1 aromatic carbocycles. The van der Waals surface area contributed by atoms with Crippen molar-refractivity contribution in [2.45, 2.75) is 37.6 Å². The average Bonchev–Trinajstić information content (AvgIpc) is 2.69. The summed E-state index contributed by atoms with van der Waals surface area (Å²) in [7, 11) is 0. The zero-order chi connectivity index (χ0) is 17.9. The van der Waals surface area contributed by atoms with Crippen LogP contribution in [0.5, 0.6) is 0 Å². The number of imide groups is 1. The molecule has 1 unspecified atom stereocenters. The van der Waals surface area contributed by atoms with Crippen LogP contribution in [-0.2, 0) is 9.59 Å². The quantitative estimate of drug-likeness (QED) is 0.794. The largest absolute Gasteiger partial charge is 0.369 e. The van der Waals surface area contributed by atoms with E-state index in [9.17, 15) is 9.59 Å². The van der Waals surface area contributed by atoms with Gasteiger partial charge in [-0.15, -0.1) is 0 Å². The molecule has 3 aliphatic rings. The van der Waals surface area contributed by atoms with Crippen LogP contribution >= 0.6 is 0 Å². The lowest BCUT2D eigenvalue weighted by Gasteiger charge is -2.41. The van der Waals surface area contributed by atoms with E-state index in [1.165, 1.54) is 18.5 Å². The molecule has 140 valence electrons. The normalized spacial score (nSPS) is 26.0. The Morgan fingerprint density at radius 1 is 0.962 bits per heavy atom. The summed E-state index contributed by atoms with van der Waals surface area (Å²) in [5.74, 6) is -0.519. The van der Waals surface area contributed by atoms with Crippen molar-refractivity contribution in [3.05, 3.63) is 29.8 Å². The van der Waals surface area contributed by atoms with E-state index >= 15 is 0 Å². The van der Waals surface area contributed by atoms with Crippen LogP contribution in [0.2, 0.25) is 0 Å². The molecule has 0 bridgehead atoms. The van der Waals surface area contributed by atoms with Crippen molar-refractivity contribution in [3.8, 4) is 0 Å². The molecule has 1 atom stereocenters. The second-order valence-corrected chi connectivity index (χ2v) is 7.60. The number of nitrogens with one attached hydrogen (secondary N) is 2. The fourth-order valence-electron chi connectivity index (χ4n) is 4.47. The standard InChI is InChI=1S/C20H28N4O2/c25-19-5-4-18(20(26)22-19)15-2-1-3-17(14-15)24-12-10-23(11-13-24)16-6-8-21-9-7-16/h1-3,14,16,18,21H,4-13H2,(H,22,25,26). The Morgan fingerprint density at radius 3 is 2.46 bits per heavy atom. The summed E-state index contributed by atoms with van der Waals surface area (Å²) in [5.41, 5.74) is 2.21. The molecule has 1 aromatic rings. The van der Waals surface area contributed by atoms with Gasteiger partial charge >= 0.3 is 0 Å². The number of benzene rings is 1. The highest BCUT2D eigenvalue weighted by Gasteiger charge is 2.29. The van der Waals surface area contributed by atoms with Crippen LogP contribution < -0.4 is 15.5 Å². The Hall–Kier alpha value is -1.92. The van der Waals surface area contributed by atoms with Gasteiger partial charge in [-0.25, -0.2) is 0 Å². The lowest BCUT2D eigenvalue weighted by molar-refractivity contribution is -0.134. The van der Waals surface area contributed by atoms with Crippen molar-refractivity contribution in [3.63, 3.8) is 0 Å². The van der Waals surface area contributed by atoms with E-state index in [1.807, 2.05) is 12.1 Å². The molecule has 0 saturated carbocycles. The molecule has 4 rings (SSSR count). The van der Waals surface area contributed by atoms with E-state index in [0.717, 1.165) is 50.9 Å². The molecule has 0 aliphatic carbocycles. The number of carbonyl (C=O) groups excluding carboxylic acids is 2. The van der Waals surface area contributed by atoms with E-state index in [2.05, 4.69) is 32.6 Å². The molecule has 3 fully saturated rings. The average molecular weight is 356 g/mol. The summed E-state index contributed by atoms with van der Waals surface area (Å²) in [6, 6.07) is 9.05. The van der Waals surface area contributed by atoms with Crippen LogP contribution in [0.1, 0.15) is 37.2 Å². The first kappa shape index (κ1) is 17.5. The van der Waals surface area contributed by atoms with Crippen molar-refractivity contribution < 1.29 is 9.59 Å². The van der Waals surface area contributed by atoms with E-state index in [1.54, 1.807) is 0 Å². The number of nitrogens with zero attached hydrogens (tertiary/aromatic N) is 2. The van der Waals surface area contributed by atoms with Gasteiger partial charge in [-0.2, -0.15) is 0 Å². The van der Waals surface area contributed by atoms with Crippen molar-refractivity contribution >= 4 is 17.5 Å². The minimum Gasteiger partial charge on any atom is -0.369 e. The minimum absolute atomic E-state index is 0.156. The Morgan fingerprint density at radius 2 is 1.73 bits per heavy atom. The maximum Gasteiger partial charge on any atom is 0.234 e. The van der Waals surface area contributed by atoms with Crippen molar-refractivity contribution in [1.29, 1.82) is 0 Å². The predicted molar refractivity (Wildman–Crippen MR) is 101 cm³/mol. The zero-order valence-electron chi connectivity index (χ0n) is 15.2. The number of carbonyl (C=O) groups is 2. The number of hydrogen-bond acceptors (Lipinski definition) is 5. The molecule has 0 radical (unpaired) electrons. The third-order valence-electron chi connectivity index (χ3n) is 6.02. The summed E-state index contributed by atoms with van der Waals surface area (Å²) in [6.07, 6.45) is 3.54. The Bertz CT molecular complexity index is 664. The highest BCUT2D eigenvalue weighted by Crippen LogP contribution is 2.28. The highest BCUT2D eigenvalue weighted by atomic mass is 16.2. The number of amides is 2. The fourth-order valence-corrected chi connectivity index (χ4v) is 4.47. The Balaban J connectivity index is 1.39. The minimum atomic E-state index is -0.205. The molecule has 6 heteroatoms. The van der Waals surface area contributed by atoms with E-state index in [-0.39, 0.29) is 17.7 Å². The summed E-state index contributed by atoms with van der Waals surface area (Å²) in [6.45, 7) is 6.55. The van der Waals surface area contributed by atoms with Gasteiger partial charge in [-0.05, 0) is 50.0 Å². The van der Waals surface area contributed by atoms with Gasteiger partial charge in [0, 0.05) is 44.3 Å². The van der Waals surface area contributed by atoms with E-state index in [0.29, 0.717) is 12.8 Å². The van der Waals surface area contributed by atoms with E-state index in [4.69, 9.17) is 0 Å². The Kier molecular flexibility index (Phi) is 5.22. The molecule has 2 amide bonds. The fraction of sp³-hybridized carbons (Fsp3) is 0.600. The van der Waals surface area contributed by atoms with Crippen LogP contribution in [0.3, 0.4) is 0 Å². The van der Waals surface area contributed by atoms with Crippen LogP contribution in [0.4, 0.5) is 5.69 Å². The lowest BCUT2D eigenvalue weighted by atomic mass is 9.90. The number of anilines is 1. The van der Waals surface area contributed by atoms with Gasteiger partial charge in [0.25, 0.3) is 0 Å². The first-order chi connectivity index (χ1) is 12.7. The molecule has 0 aromatic heterocycles. The van der Waals surface area contributed by atoms with Crippen molar-refractivity contribution in [1.82, 2.24) is 15.5 Å². The van der Waals surface area contributed by atoms with Crippen LogP contribution in [-0.4, -0.2) is 62.0 Å². The first-order valence-electron chi connectivity index (χ1n) is 9.84. The summed E-state index contributed by atoms with van der Waals surface area (Å²) < 4.78 is 0. The van der Waals surface area contributed by atoms with Gasteiger partial charge in [0.15, 0.2) is 0 Å². The maximum absolute atomic E-state index is 12.2. The van der Waals surface area contributed by atoms with Gasteiger partial charge < -0.3 is 10.2 Å². The molecule has 3 saturated heterocycles.